The summed E-state index contributed by atoms with van der Waals surface area (Å²) in [4.78, 5) is 10.9. The first-order valence-electron chi connectivity index (χ1n) is 3.87. The summed E-state index contributed by atoms with van der Waals surface area (Å²) >= 11 is 0. The maximum absolute atomic E-state index is 10.9. The first-order valence-corrected chi connectivity index (χ1v) is 3.87. The second kappa shape index (κ2) is 5.92. The molecule has 0 aliphatic carbocycles. The Morgan fingerprint density at radius 1 is 1.73 bits per heavy atom. The van der Waals surface area contributed by atoms with Crippen molar-refractivity contribution < 1.29 is 4.79 Å². The van der Waals surface area contributed by atoms with Crippen LogP contribution in [0.1, 0.15) is 20.3 Å². The van der Waals surface area contributed by atoms with Crippen molar-refractivity contribution in [3.05, 3.63) is 12.2 Å². The van der Waals surface area contributed by atoms with Crippen molar-refractivity contribution in [2.24, 2.45) is 5.73 Å². The van der Waals surface area contributed by atoms with Crippen LogP contribution in [-0.4, -0.2) is 18.5 Å². The number of allylic oxidation sites excluding steroid dienone is 1. The molecule has 0 spiro atoms. The molecule has 0 heterocycles. The van der Waals surface area contributed by atoms with Gasteiger partial charge in [0.05, 0.1) is 0 Å². The van der Waals surface area contributed by atoms with Crippen LogP contribution in [-0.2, 0) is 4.79 Å². The number of hydrogen-bond acceptors (Lipinski definition) is 2. The van der Waals surface area contributed by atoms with Crippen molar-refractivity contribution in [3.8, 4) is 0 Å². The highest BCUT2D eigenvalue weighted by Gasteiger charge is 2.04. The number of carbonyl (C=O) groups is 1. The molecule has 0 aromatic carbocycles. The zero-order valence-electron chi connectivity index (χ0n) is 7.13. The van der Waals surface area contributed by atoms with Gasteiger partial charge in [0.2, 0.25) is 5.91 Å². The van der Waals surface area contributed by atoms with Crippen LogP contribution in [0.15, 0.2) is 12.2 Å². The van der Waals surface area contributed by atoms with Crippen LogP contribution in [0, 0.1) is 0 Å². The van der Waals surface area contributed by atoms with Crippen LogP contribution < -0.4 is 11.1 Å². The summed E-state index contributed by atoms with van der Waals surface area (Å²) in [7, 11) is 0. The number of amides is 1. The minimum absolute atomic E-state index is 0.0650. The molecule has 3 N–H and O–H groups in total. The molecule has 0 bridgehead atoms. The zero-order valence-corrected chi connectivity index (χ0v) is 7.13. The predicted octanol–water partition coefficient (Wildman–Crippen LogP) is 0.416. The lowest BCUT2D eigenvalue weighted by atomic mass is 10.2. The Morgan fingerprint density at radius 3 is 2.73 bits per heavy atom. The van der Waals surface area contributed by atoms with E-state index in [0.717, 1.165) is 6.42 Å². The number of carbonyl (C=O) groups excluding carboxylic acids is 1. The second-order valence-electron chi connectivity index (χ2n) is 2.35. The molecule has 3 heteroatoms. The summed E-state index contributed by atoms with van der Waals surface area (Å²) in [5, 5.41) is 2.77. The Bertz CT molecular complexity index is 139. The van der Waals surface area contributed by atoms with Crippen LogP contribution in [0.2, 0.25) is 0 Å². The van der Waals surface area contributed by atoms with Crippen LogP contribution >= 0.6 is 0 Å². The molecule has 1 atom stereocenters. The lowest BCUT2D eigenvalue weighted by molar-refractivity contribution is -0.117. The van der Waals surface area contributed by atoms with Gasteiger partial charge >= 0.3 is 0 Å². The van der Waals surface area contributed by atoms with Crippen molar-refractivity contribution >= 4 is 5.91 Å². The predicted molar refractivity (Wildman–Crippen MR) is 46.1 cm³/mol. The number of rotatable bonds is 4. The highest BCUT2D eigenvalue weighted by atomic mass is 16.1. The van der Waals surface area contributed by atoms with Gasteiger partial charge in [0.25, 0.3) is 0 Å². The standard InChI is InChI=1S/C8H16N2O/c1-3-5-8(11)10-7(4-2)6-9/h3,5,7H,4,6,9H2,1-2H3,(H,10,11). The molecule has 0 aromatic rings. The van der Waals surface area contributed by atoms with Gasteiger partial charge in [-0.3, -0.25) is 4.79 Å². The third kappa shape index (κ3) is 4.56. The van der Waals surface area contributed by atoms with Crippen molar-refractivity contribution in [1.82, 2.24) is 5.32 Å². The van der Waals surface area contributed by atoms with Crippen LogP contribution in [0.4, 0.5) is 0 Å². The monoisotopic (exact) mass is 156 g/mol. The molecule has 11 heavy (non-hydrogen) atoms. The van der Waals surface area contributed by atoms with E-state index in [-0.39, 0.29) is 11.9 Å². The second-order valence-corrected chi connectivity index (χ2v) is 2.35. The molecule has 3 nitrogen and oxygen atoms in total. The van der Waals surface area contributed by atoms with Crippen molar-refractivity contribution in [2.45, 2.75) is 26.3 Å². The molecule has 1 amide bonds. The van der Waals surface area contributed by atoms with E-state index in [4.69, 9.17) is 5.73 Å². The quantitative estimate of drug-likeness (QED) is 0.579. The average Bonchev–Trinajstić information content (AvgIpc) is 2.01. The Kier molecular flexibility index (Phi) is 5.47. The van der Waals surface area contributed by atoms with E-state index in [9.17, 15) is 4.79 Å². The molecule has 0 fully saturated rings. The lowest BCUT2D eigenvalue weighted by Gasteiger charge is -2.12. The van der Waals surface area contributed by atoms with Gasteiger partial charge in [-0.05, 0) is 19.4 Å². The van der Waals surface area contributed by atoms with Crippen molar-refractivity contribution in [3.63, 3.8) is 0 Å². The van der Waals surface area contributed by atoms with Crippen LogP contribution in [0.5, 0.6) is 0 Å². The van der Waals surface area contributed by atoms with Gasteiger partial charge in [-0.25, -0.2) is 0 Å². The molecule has 0 aliphatic rings. The van der Waals surface area contributed by atoms with E-state index in [0.29, 0.717) is 6.54 Å². The summed E-state index contributed by atoms with van der Waals surface area (Å²) in [5.74, 6) is -0.0650. The molecule has 0 radical (unpaired) electrons. The molecule has 0 rings (SSSR count). The fourth-order valence-corrected chi connectivity index (χ4v) is 0.728. The Labute approximate surface area is 67.7 Å². The molecular formula is C8H16N2O. The summed E-state index contributed by atoms with van der Waals surface area (Å²) < 4.78 is 0. The molecule has 64 valence electrons. The van der Waals surface area contributed by atoms with Gasteiger partial charge in [-0.2, -0.15) is 0 Å². The summed E-state index contributed by atoms with van der Waals surface area (Å²) in [6.45, 7) is 4.30. The SMILES string of the molecule is CC=CC(=O)NC(CC)CN. The average molecular weight is 156 g/mol. The number of nitrogens with two attached hydrogens (primary N) is 1. The van der Waals surface area contributed by atoms with E-state index in [1.807, 2.05) is 13.8 Å². The molecule has 0 aliphatic heterocycles. The third-order valence-electron chi connectivity index (χ3n) is 1.44. The highest BCUT2D eigenvalue weighted by molar-refractivity contribution is 5.87. The topological polar surface area (TPSA) is 55.1 Å². The maximum Gasteiger partial charge on any atom is 0.243 e. The van der Waals surface area contributed by atoms with Crippen molar-refractivity contribution in [1.29, 1.82) is 0 Å². The molecule has 0 saturated heterocycles. The van der Waals surface area contributed by atoms with Gasteiger partial charge in [0.15, 0.2) is 0 Å². The van der Waals surface area contributed by atoms with Gasteiger partial charge in [-0.1, -0.05) is 13.0 Å². The molecule has 0 aromatic heterocycles. The normalized spacial score (nSPS) is 13.4. The van der Waals surface area contributed by atoms with Gasteiger partial charge in [0, 0.05) is 12.6 Å². The van der Waals surface area contributed by atoms with E-state index in [1.165, 1.54) is 6.08 Å². The molecule has 1 unspecified atom stereocenters. The minimum atomic E-state index is -0.0650. The zero-order chi connectivity index (χ0) is 8.69. The van der Waals surface area contributed by atoms with E-state index < -0.39 is 0 Å². The summed E-state index contributed by atoms with van der Waals surface area (Å²) in [6.07, 6.45) is 4.08. The van der Waals surface area contributed by atoms with E-state index in [2.05, 4.69) is 5.32 Å². The third-order valence-corrected chi connectivity index (χ3v) is 1.44. The minimum Gasteiger partial charge on any atom is -0.349 e. The first kappa shape index (κ1) is 10.2. The molecular weight excluding hydrogens is 140 g/mol. The first-order chi connectivity index (χ1) is 5.24. The number of hydrogen-bond donors (Lipinski definition) is 2. The van der Waals surface area contributed by atoms with Crippen LogP contribution in [0.25, 0.3) is 0 Å². The van der Waals surface area contributed by atoms with Crippen molar-refractivity contribution in [2.75, 3.05) is 6.54 Å². The van der Waals surface area contributed by atoms with Gasteiger partial charge in [0.1, 0.15) is 0 Å². The van der Waals surface area contributed by atoms with E-state index >= 15 is 0 Å². The smallest absolute Gasteiger partial charge is 0.243 e. The van der Waals surface area contributed by atoms with E-state index in [1.54, 1.807) is 6.08 Å². The Hall–Kier alpha value is -0.830. The Morgan fingerprint density at radius 2 is 2.36 bits per heavy atom. The maximum atomic E-state index is 10.9. The summed E-state index contributed by atoms with van der Waals surface area (Å²) in [6, 6.07) is 0.110. The lowest BCUT2D eigenvalue weighted by Crippen LogP contribution is -2.38. The van der Waals surface area contributed by atoms with Gasteiger partial charge in [-0.15, -0.1) is 0 Å². The van der Waals surface area contributed by atoms with Gasteiger partial charge < -0.3 is 11.1 Å². The Balaban J connectivity index is 3.71. The number of nitrogens with one attached hydrogen (secondary N) is 1. The highest BCUT2D eigenvalue weighted by Crippen LogP contribution is 1.87. The fourth-order valence-electron chi connectivity index (χ4n) is 0.728. The summed E-state index contributed by atoms with van der Waals surface area (Å²) in [5.41, 5.74) is 5.39. The largest absolute Gasteiger partial charge is 0.349 e. The fraction of sp³-hybridized carbons (Fsp3) is 0.625. The van der Waals surface area contributed by atoms with Crippen LogP contribution in [0.3, 0.4) is 0 Å². The molecule has 0 saturated carbocycles.